The van der Waals surface area contributed by atoms with Gasteiger partial charge in [-0.1, -0.05) is 19.9 Å². The number of benzene rings is 1. The molecule has 1 aromatic heterocycles. The minimum atomic E-state index is 0.0681. The van der Waals surface area contributed by atoms with Crippen LogP contribution in [0.25, 0.3) is 11.0 Å². The third-order valence-electron chi connectivity index (χ3n) is 3.45. The number of aryl methyl sites for hydroxylation is 1. The molecule has 0 aliphatic carbocycles. The normalized spacial score (nSPS) is 12.8. The summed E-state index contributed by atoms with van der Waals surface area (Å²) in [5, 5.41) is 12.4. The summed E-state index contributed by atoms with van der Waals surface area (Å²) in [6, 6.07) is 8.63. The van der Waals surface area contributed by atoms with Gasteiger partial charge in [0.05, 0.1) is 29.3 Å². The highest BCUT2D eigenvalue weighted by Gasteiger charge is 2.11. The molecule has 1 unspecified atom stereocenters. The van der Waals surface area contributed by atoms with Gasteiger partial charge >= 0.3 is 0 Å². The van der Waals surface area contributed by atoms with Crippen LogP contribution in [0.15, 0.2) is 24.5 Å². The molecule has 1 N–H and O–H groups in total. The fourth-order valence-corrected chi connectivity index (χ4v) is 2.09. The van der Waals surface area contributed by atoms with Crippen LogP contribution in [-0.4, -0.2) is 16.1 Å². The highest BCUT2D eigenvalue weighted by molar-refractivity contribution is 5.75. The monoisotopic (exact) mass is 256 g/mol. The van der Waals surface area contributed by atoms with Crippen molar-refractivity contribution < 1.29 is 0 Å². The van der Waals surface area contributed by atoms with Crippen LogP contribution in [0.4, 0.5) is 0 Å². The van der Waals surface area contributed by atoms with Gasteiger partial charge in [-0.15, -0.1) is 0 Å². The Kier molecular flexibility index (Phi) is 4.18. The van der Waals surface area contributed by atoms with E-state index in [1.54, 1.807) is 0 Å². The van der Waals surface area contributed by atoms with E-state index in [1.807, 2.05) is 17.9 Å². The summed E-state index contributed by atoms with van der Waals surface area (Å²) in [7, 11) is 1.99. The van der Waals surface area contributed by atoms with Gasteiger partial charge in [-0.25, -0.2) is 4.98 Å². The Labute approximate surface area is 114 Å². The summed E-state index contributed by atoms with van der Waals surface area (Å²) in [5.74, 6) is 0.453. The van der Waals surface area contributed by atoms with Crippen molar-refractivity contribution in [2.24, 2.45) is 18.9 Å². The fourth-order valence-electron chi connectivity index (χ4n) is 2.09. The number of aromatic nitrogens is 2. The van der Waals surface area contributed by atoms with Crippen LogP contribution in [0.1, 0.15) is 19.4 Å². The molecular formula is C15H20N4. The van der Waals surface area contributed by atoms with Gasteiger partial charge in [0, 0.05) is 20.1 Å². The third-order valence-corrected chi connectivity index (χ3v) is 3.45. The highest BCUT2D eigenvalue weighted by atomic mass is 15.0. The number of hydrogen-bond donors (Lipinski definition) is 1. The van der Waals surface area contributed by atoms with E-state index in [4.69, 9.17) is 5.26 Å². The van der Waals surface area contributed by atoms with Gasteiger partial charge in [-0.3, -0.25) is 0 Å². The molecule has 4 heteroatoms. The average molecular weight is 256 g/mol. The number of fused-ring (bicyclic) bond motifs is 1. The molecule has 4 nitrogen and oxygen atoms in total. The van der Waals surface area contributed by atoms with Crippen molar-refractivity contribution >= 4 is 11.0 Å². The Morgan fingerprint density at radius 2 is 2.21 bits per heavy atom. The van der Waals surface area contributed by atoms with Crippen molar-refractivity contribution in [3.63, 3.8) is 0 Å². The van der Waals surface area contributed by atoms with Crippen molar-refractivity contribution in [2.45, 2.75) is 20.4 Å². The molecule has 0 aliphatic rings. The van der Waals surface area contributed by atoms with Crippen LogP contribution >= 0.6 is 0 Å². The van der Waals surface area contributed by atoms with Gasteiger partial charge in [0.25, 0.3) is 0 Å². The van der Waals surface area contributed by atoms with Crippen LogP contribution < -0.4 is 5.32 Å². The number of hydrogen-bond acceptors (Lipinski definition) is 3. The number of nitrogens with one attached hydrogen (secondary N) is 1. The van der Waals surface area contributed by atoms with Crippen molar-refractivity contribution in [3.05, 3.63) is 30.1 Å². The Balaban J connectivity index is 1.97. The minimum Gasteiger partial charge on any atom is -0.334 e. The molecule has 1 heterocycles. The van der Waals surface area contributed by atoms with E-state index < -0.39 is 0 Å². The van der Waals surface area contributed by atoms with Gasteiger partial charge in [-0.05, 0) is 23.6 Å². The van der Waals surface area contributed by atoms with Gasteiger partial charge in [0.15, 0.2) is 0 Å². The minimum absolute atomic E-state index is 0.0681. The van der Waals surface area contributed by atoms with Gasteiger partial charge < -0.3 is 9.88 Å². The van der Waals surface area contributed by atoms with E-state index in [1.165, 1.54) is 5.56 Å². The number of rotatable bonds is 5. The lowest BCUT2D eigenvalue weighted by Crippen LogP contribution is -2.24. The molecule has 0 fully saturated rings. The fraction of sp³-hybridized carbons (Fsp3) is 0.467. The molecule has 2 aromatic rings. The molecule has 1 atom stereocenters. The second-order valence-corrected chi connectivity index (χ2v) is 5.29. The molecule has 1 aromatic carbocycles. The van der Waals surface area contributed by atoms with Crippen molar-refractivity contribution in [1.82, 2.24) is 14.9 Å². The lowest BCUT2D eigenvalue weighted by molar-refractivity contribution is 0.442. The van der Waals surface area contributed by atoms with E-state index in [0.717, 1.165) is 24.1 Å². The third kappa shape index (κ3) is 3.12. The first-order valence-electron chi connectivity index (χ1n) is 6.62. The first-order chi connectivity index (χ1) is 9.11. The molecule has 0 radical (unpaired) electrons. The number of nitriles is 1. The molecule has 19 heavy (non-hydrogen) atoms. The van der Waals surface area contributed by atoms with E-state index in [2.05, 4.69) is 48.4 Å². The maximum atomic E-state index is 9.03. The van der Waals surface area contributed by atoms with E-state index >= 15 is 0 Å². The first-order valence-corrected chi connectivity index (χ1v) is 6.62. The summed E-state index contributed by atoms with van der Waals surface area (Å²) in [6.45, 7) is 5.66. The second-order valence-electron chi connectivity index (χ2n) is 5.29. The molecular weight excluding hydrogens is 236 g/mol. The van der Waals surface area contributed by atoms with Crippen molar-refractivity contribution in [3.8, 4) is 6.07 Å². The van der Waals surface area contributed by atoms with Crippen LogP contribution in [0.2, 0.25) is 0 Å². The topological polar surface area (TPSA) is 53.6 Å². The summed E-state index contributed by atoms with van der Waals surface area (Å²) in [5.41, 5.74) is 3.36. The maximum absolute atomic E-state index is 9.03. The number of nitrogens with zero attached hydrogens (tertiary/aromatic N) is 3. The van der Waals surface area contributed by atoms with Gasteiger partial charge in [0.2, 0.25) is 0 Å². The summed E-state index contributed by atoms with van der Waals surface area (Å²) in [6.07, 6.45) is 1.83. The Hall–Kier alpha value is -1.86. The zero-order valence-electron chi connectivity index (χ0n) is 11.7. The standard InChI is InChI=1S/C15H20N4/c1-11(2)13(7-16)9-17-8-12-4-5-15-14(6-12)18-10-19(15)3/h4-6,10-11,13,17H,8-9H2,1-3H3. The molecule has 0 spiro atoms. The van der Waals surface area contributed by atoms with E-state index in [9.17, 15) is 0 Å². The molecule has 0 aliphatic heterocycles. The Morgan fingerprint density at radius 3 is 2.89 bits per heavy atom. The lowest BCUT2D eigenvalue weighted by Gasteiger charge is -2.13. The van der Waals surface area contributed by atoms with Gasteiger partial charge in [0.1, 0.15) is 0 Å². The predicted octanol–water partition coefficient (Wildman–Crippen LogP) is 2.46. The smallest absolute Gasteiger partial charge is 0.0955 e. The Morgan fingerprint density at radius 1 is 1.42 bits per heavy atom. The maximum Gasteiger partial charge on any atom is 0.0955 e. The SMILES string of the molecule is CC(C)C(C#N)CNCc1ccc2c(c1)ncn2C. The zero-order valence-corrected chi connectivity index (χ0v) is 11.7. The average Bonchev–Trinajstić information content (AvgIpc) is 2.75. The van der Waals surface area contributed by atoms with Crippen molar-refractivity contribution in [1.29, 1.82) is 5.26 Å². The molecule has 0 saturated carbocycles. The Bertz CT molecular complexity index is 592. The summed E-state index contributed by atoms with van der Waals surface area (Å²) in [4.78, 5) is 4.35. The summed E-state index contributed by atoms with van der Waals surface area (Å²) >= 11 is 0. The van der Waals surface area contributed by atoms with Gasteiger partial charge in [-0.2, -0.15) is 5.26 Å². The molecule has 0 amide bonds. The quantitative estimate of drug-likeness (QED) is 0.894. The summed E-state index contributed by atoms with van der Waals surface area (Å²) < 4.78 is 2.01. The molecule has 0 saturated heterocycles. The van der Waals surface area contributed by atoms with Crippen molar-refractivity contribution in [2.75, 3.05) is 6.54 Å². The first kappa shape index (κ1) is 13.6. The predicted molar refractivity (Wildman–Crippen MR) is 76.4 cm³/mol. The zero-order chi connectivity index (χ0) is 13.8. The molecule has 0 bridgehead atoms. The van der Waals surface area contributed by atoms with Crippen LogP contribution in [-0.2, 0) is 13.6 Å². The molecule has 2 rings (SSSR count). The van der Waals surface area contributed by atoms with E-state index in [-0.39, 0.29) is 5.92 Å². The van der Waals surface area contributed by atoms with Crippen LogP contribution in [0.3, 0.4) is 0 Å². The van der Waals surface area contributed by atoms with Crippen LogP contribution in [0.5, 0.6) is 0 Å². The van der Waals surface area contributed by atoms with E-state index in [0.29, 0.717) is 5.92 Å². The van der Waals surface area contributed by atoms with Crippen LogP contribution in [0, 0.1) is 23.2 Å². The highest BCUT2D eigenvalue weighted by Crippen LogP contribution is 2.14. The number of imidazole rings is 1. The largest absolute Gasteiger partial charge is 0.334 e. The lowest BCUT2D eigenvalue weighted by atomic mass is 9.97. The molecule has 100 valence electrons. The second kappa shape index (κ2) is 5.85.